The van der Waals surface area contributed by atoms with Crippen molar-refractivity contribution in [1.29, 1.82) is 0 Å². The van der Waals surface area contributed by atoms with E-state index in [1.807, 2.05) is 54.6 Å². The van der Waals surface area contributed by atoms with Gasteiger partial charge in [0.15, 0.2) is 0 Å². The van der Waals surface area contributed by atoms with Crippen LogP contribution in [0, 0.1) is 0 Å². The highest BCUT2D eigenvalue weighted by Gasteiger charge is 2.29. The van der Waals surface area contributed by atoms with E-state index < -0.39 is 5.25 Å². The number of nitrogens with one attached hydrogen (secondary N) is 1. The van der Waals surface area contributed by atoms with Crippen LogP contribution in [0.15, 0.2) is 59.5 Å². The van der Waals surface area contributed by atoms with Crippen LogP contribution in [0.4, 0.5) is 11.4 Å². The number of amides is 2. The number of nitrogens with zero attached hydrogens (tertiary/aromatic N) is 1. The predicted molar refractivity (Wildman–Crippen MR) is 89.2 cm³/mol. The Labute approximate surface area is 133 Å². The van der Waals surface area contributed by atoms with Crippen molar-refractivity contribution in [2.75, 3.05) is 17.3 Å². The Morgan fingerprint density at radius 1 is 1.14 bits per heavy atom. The van der Waals surface area contributed by atoms with Crippen LogP contribution in [-0.4, -0.2) is 24.1 Å². The van der Waals surface area contributed by atoms with Crippen molar-refractivity contribution in [3.63, 3.8) is 0 Å². The maximum atomic E-state index is 12.4. The number of para-hydroxylation sites is 2. The van der Waals surface area contributed by atoms with Gasteiger partial charge in [-0.1, -0.05) is 30.3 Å². The molecule has 2 amide bonds. The number of benzene rings is 2. The van der Waals surface area contributed by atoms with Gasteiger partial charge in [0.05, 0.1) is 10.9 Å². The van der Waals surface area contributed by atoms with E-state index in [9.17, 15) is 9.59 Å². The first-order valence-electron chi connectivity index (χ1n) is 7.03. The third-order valence-corrected chi connectivity index (χ3v) is 4.86. The molecule has 0 radical (unpaired) electrons. The van der Waals surface area contributed by atoms with Gasteiger partial charge in [-0.05, 0) is 24.3 Å². The molecule has 22 heavy (non-hydrogen) atoms. The third-order valence-electron chi connectivity index (χ3n) is 3.58. The van der Waals surface area contributed by atoms with Gasteiger partial charge in [-0.25, -0.2) is 0 Å². The largest absolute Gasteiger partial charge is 0.324 e. The molecule has 1 N–H and O–H groups in total. The lowest BCUT2D eigenvalue weighted by Crippen LogP contribution is -2.35. The molecule has 0 saturated carbocycles. The van der Waals surface area contributed by atoms with E-state index in [0.717, 1.165) is 16.3 Å². The summed E-state index contributed by atoms with van der Waals surface area (Å²) < 4.78 is 0. The Hall–Kier alpha value is -2.27. The summed E-state index contributed by atoms with van der Waals surface area (Å²) in [6.45, 7) is 0. The van der Waals surface area contributed by atoms with Gasteiger partial charge < -0.3 is 10.2 Å². The fraction of sp³-hybridized carbons (Fsp3) is 0.176. The van der Waals surface area contributed by atoms with Crippen molar-refractivity contribution in [2.45, 2.75) is 16.6 Å². The normalized spacial score (nSPS) is 16.6. The summed E-state index contributed by atoms with van der Waals surface area (Å²) in [6.07, 6.45) is 0.177. The van der Waals surface area contributed by atoms with Gasteiger partial charge in [0, 0.05) is 24.1 Å². The fourth-order valence-corrected chi connectivity index (χ4v) is 3.42. The van der Waals surface area contributed by atoms with Crippen LogP contribution in [0.25, 0.3) is 0 Å². The van der Waals surface area contributed by atoms with Crippen LogP contribution < -0.4 is 10.2 Å². The molecule has 1 unspecified atom stereocenters. The minimum absolute atomic E-state index is 0.0711. The summed E-state index contributed by atoms with van der Waals surface area (Å²) in [6, 6.07) is 17.1. The highest BCUT2D eigenvalue weighted by atomic mass is 32.2. The van der Waals surface area contributed by atoms with E-state index in [0.29, 0.717) is 0 Å². The Balaban J connectivity index is 1.71. The van der Waals surface area contributed by atoms with Crippen LogP contribution in [0.5, 0.6) is 0 Å². The topological polar surface area (TPSA) is 49.4 Å². The average Bonchev–Trinajstić information content (AvgIpc) is 2.55. The molecule has 3 rings (SSSR count). The highest BCUT2D eigenvalue weighted by Crippen LogP contribution is 2.36. The summed E-state index contributed by atoms with van der Waals surface area (Å²) in [5, 5.41) is 2.47. The van der Waals surface area contributed by atoms with Gasteiger partial charge >= 0.3 is 0 Å². The second-order valence-electron chi connectivity index (χ2n) is 5.08. The first-order chi connectivity index (χ1) is 10.6. The first kappa shape index (κ1) is 14.7. The molecule has 5 heteroatoms. The van der Waals surface area contributed by atoms with Crippen LogP contribution >= 0.6 is 11.8 Å². The zero-order chi connectivity index (χ0) is 15.5. The van der Waals surface area contributed by atoms with Crippen LogP contribution in [0.3, 0.4) is 0 Å². The highest BCUT2D eigenvalue weighted by molar-refractivity contribution is 8.01. The van der Waals surface area contributed by atoms with E-state index in [2.05, 4.69) is 5.32 Å². The lowest BCUT2D eigenvalue weighted by Gasteiger charge is -2.25. The first-order valence-corrected chi connectivity index (χ1v) is 7.91. The summed E-state index contributed by atoms with van der Waals surface area (Å²) in [7, 11) is 1.73. The maximum Gasteiger partial charge on any atom is 0.238 e. The molecule has 0 fully saturated rings. The second-order valence-corrected chi connectivity index (χ2v) is 6.33. The third kappa shape index (κ3) is 2.99. The van der Waals surface area contributed by atoms with E-state index >= 15 is 0 Å². The van der Waals surface area contributed by atoms with Crippen molar-refractivity contribution in [2.24, 2.45) is 0 Å². The van der Waals surface area contributed by atoms with Gasteiger partial charge in [-0.2, -0.15) is 0 Å². The minimum Gasteiger partial charge on any atom is -0.324 e. The molecule has 1 heterocycles. The van der Waals surface area contributed by atoms with Crippen molar-refractivity contribution in [1.82, 2.24) is 0 Å². The Morgan fingerprint density at radius 2 is 1.82 bits per heavy atom. The van der Waals surface area contributed by atoms with Crippen molar-refractivity contribution >= 4 is 35.0 Å². The molecule has 0 spiro atoms. The van der Waals surface area contributed by atoms with Gasteiger partial charge in [-0.3, -0.25) is 9.59 Å². The van der Waals surface area contributed by atoms with Gasteiger partial charge in [-0.15, -0.1) is 11.8 Å². The van der Waals surface area contributed by atoms with E-state index in [1.54, 1.807) is 11.9 Å². The average molecular weight is 312 g/mol. The second kappa shape index (κ2) is 6.23. The summed E-state index contributed by atoms with van der Waals surface area (Å²) in [4.78, 5) is 27.1. The van der Waals surface area contributed by atoms with E-state index in [1.165, 1.54) is 11.8 Å². The Kier molecular flexibility index (Phi) is 4.15. The SMILES string of the molecule is CN(C(=O)CC1Sc2ccccc2NC1=O)c1ccccc1. The van der Waals surface area contributed by atoms with Crippen molar-refractivity contribution < 1.29 is 9.59 Å². The molecule has 1 aliphatic heterocycles. The molecular formula is C17H16N2O2S. The number of carbonyl (C=O) groups excluding carboxylic acids is 2. The number of fused-ring (bicyclic) bond motifs is 1. The standard InChI is InChI=1S/C17H16N2O2S/c1-19(12-7-3-2-4-8-12)16(20)11-15-17(21)18-13-9-5-6-10-14(13)22-15/h2-10,15H,11H2,1H3,(H,18,21). The zero-order valence-electron chi connectivity index (χ0n) is 12.2. The molecular weight excluding hydrogens is 296 g/mol. The van der Waals surface area contributed by atoms with Gasteiger partial charge in [0.25, 0.3) is 0 Å². The quantitative estimate of drug-likeness (QED) is 0.947. The van der Waals surface area contributed by atoms with Crippen LogP contribution in [0.1, 0.15) is 6.42 Å². The fourth-order valence-electron chi connectivity index (χ4n) is 2.32. The molecule has 0 aromatic heterocycles. The number of rotatable bonds is 3. The molecule has 0 bridgehead atoms. The van der Waals surface area contributed by atoms with Crippen molar-refractivity contribution in [3.05, 3.63) is 54.6 Å². The van der Waals surface area contributed by atoms with E-state index in [4.69, 9.17) is 0 Å². The zero-order valence-corrected chi connectivity index (χ0v) is 13.0. The minimum atomic E-state index is -0.395. The number of carbonyl (C=O) groups is 2. The van der Waals surface area contributed by atoms with E-state index in [-0.39, 0.29) is 18.2 Å². The Morgan fingerprint density at radius 3 is 2.59 bits per heavy atom. The summed E-state index contributed by atoms with van der Waals surface area (Å²) in [5.74, 6) is -0.184. The van der Waals surface area contributed by atoms with Crippen molar-refractivity contribution in [3.8, 4) is 0 Å². The number of hydrogen-bond acceptors (Lipinski definition) is 3. The number of anilines is 2. The molecule has 2 aromatic rings. The van der Waals surface area contributed by atoms with Crippen LogP contribution in [0.2, 0.25) is 0 Å². The van der Waals surface area contributed by atoms with Crippen LogP contribution in [-0.2, 0) is 9.59 Å². The maximum absolute atomic E-state index is 12.4. The predicted octanol–water partition coefficient (Wildman–Crippen LogP) is 3.15. The molecule has 2 aromatic carbocycles. The number of hydrogen-bond donors (Lipinski definition) is 1. The lowest BCUT2D eigenvalue weighted by atomic mass is 10.2. The molecule has 4 nitrogen and oxygen atoms in total. The molecule has 1 atom stereocenters. The Bertz CT molecular complexity index is 703. The lowest BCUT2D eigenvalue weighted by molar-refractivity contribution is -0.122. The summed E-state index contributed by atoms with van der Waals surface area (Å²) >= 11 is 1.45. The molecule has 0 saturated heterocycles. The molecule has 1 aliphatic rings. The smallest absolute Gasteiger partial charge is 0.238 e. The number of thioether (sulfide) groups is 1. The van der Waals surface area contributed by atoms with Gasteiger partial charge in [0.2, 0.25) is 11.8 Å². The summed E-state index contributed by atoms with van der Waals surface area (Å²) in [5.41, 5.74) is 1.65. The molecule has 112 valence electrons. The van der Waals surface area contributed by atoms with Gasteiger partial charge in [0.1, 0.15) is 0 Å². The monoisotopic (exact) mass is 312 g/mol. The molecule has 0 aliphatic carbocycles.